The summed E-state index contributed by atoms with van der Waals surface area (Å²) in [5, 5.41) is 13.6. The number of nitrogens with zero attached hydrogens (tertiary/aromatic N) is 1. The van der Waals surface area contributed by atoms with Crippen LogP contribution in [0.3, 0.4) is 0 Å². The monoisotopic (exact) mass is 277 g/mol. The highest BCUT2D eigenvalue weighted by molar-refractivity contribution is 6.00. The molecule has 3 N–H and O–H groups in total. The Morgan fingerprint density at radius 1 is 1.35 bits per heavy atom. The van der Waals surface area contributed by atoms with Gasteiger partial charge >= 0.3 is 5.97 Å². The topological polar surface area (TPSA) is 108 Å². The van der Waals surface area contributed by atoms with Crippen LogP contribution in [0.4, 0.5) is 0 Å². The van der Waals surface area contributed by atoms with Gasteiger partial charge in [-0.05, 0) is 19.1 Å². The average molecular weight is 277 g/mol. The summed E-state index contributed by atoms with van der Waals surface area (Å²) in [5.74, 6) is -1.89. The molecule has 0 atom stereocenters. The third-order valence-corrected chi connectivity index (χ3v) is 2.29. The first kappa shape index (κ1) is 15.4. The summed E-state index contributed by atoms with van der Waals surface area (Å²) >= 11 is 0. The molecule has 0 fully saturated rings. The fourth-order valence-electron chi connectivity index (χ4n) is 1.42. The summed E-state index contributed by atoms with van der Waals surface area (Å²) in [6, 6.07) is 1.45. The van der Waals surface area contributed by atoms with Crippen molar-refractivity contribution in [3.63, 3.8) is 0 Å². The van der Waals surface area contributed by atoms with Crippen molar-refractivity contribution in [2.45, 2.75) is 6.92 Å². The van der Waals surface area contributed by atoms with Gasteiger partial charge in [0, 0.05) is 36.1 Å². The lowest BCUT2D eigenvalue weighted by Gasteiger charge is -2.07. The Labute approximate surface area is 115 Å². The minimum atomic E-state index is -1.12. The molecule has 0 radical (unpaired) electrons. The highest BCUT2D eigenvalue weighted by Gasteiger charge is 2.11. The van der Waals surface area contributed by atoms with Crippen LogP contribution in [0.5, 0.6) is 0 Å². The van der Waals surface area contributed by atoms with Gasteiger partial charge in [0.05, 0.1) is 6.54 Å². The van der Waals surface area contributed by atoms with Crippen molar-refractivity contribution in [1.29, 1.82) is 0 Å². The van der Waals surface area contributed by atoms with E-state index >= 15 is 0 Å². The van der Waals surface area contributed by atoms with Crippen molar-refractivity contribution in [2.75, 3.05) is 13.1 Å². The molecular weight excluding hydrogens is 262 g/mol. The SMILES string of the molecule is CCNC(=O)CNC(=O)c1ccncc1C=CC(=O)O. The third kappa shape index (κ3) is 4.89. The van der Waals surface area contributed by atoms with E-state index < -0.39 is 11.9 Å². The Morgan fingerprint density at radius 2 is 2.10 bits per heavy atom. The molecule has 2 amide bonds. The molecule has 0 spiro atoms. The molecule has 20 heavy (non-hydrogen) atoms. The molecule has 0 aromatic carbocycles. The summed E-state index contributed by atoms with van der Waals surface area (Å²) in [4.78, 5) is 37.5. The largest absolute Gasteiger partial charge is 0.478 e. The molecule has 7 nitrogen and oxygen atoms in total. The van der Waals surface area contributed by atoms with E-state index in [4.69, 9.17) is 5.11 Å². The second-order valence-corrected chi connectivity index (χ2v) is 3.77. The van der Waals surface area contributed by atoms with Crippen molar-refractivity contribution < 1.29 is 19.5 Å². The number of carboxylic acid groups (broad SMARTS) is 1. The number of carboxylic acids is 1. The first-order chi connectivity index (χ1) is 9.54. The zero-order valence-electron chi connectivity index (χ0n) is 10.9. The van der Waals surface area contributed by atoms with Crippen molar-refractivity contribution in [2.24, 2.45) is 0 Å². The first-order valence-corrected chi connectivity index (χ1v) is 5.94. The van der Waals surface area contributed by atoms with Crippen LogP contribution in [-0.2, 0) is 9.59 Å². The number of aromatic nitrogens is 1. The maximum absolute atomic E-state index is 11.9. The van der Waals surface area contributed by atoms with E-state index in [9.17, 15) is 14.4 Å². The molecule has 106 valence electrons. The van der Waals surface area contributed by atoms with Crippen LogP contribution in [0.15, 0.2) is 24.5 Å². The van der Waals surface area contributed by atoms with Gasteiger partial charge in [-0.3, -0.25) is 14.6 Å². The molecule has 1 rings (SSSR count). The van der Waals surface area contributed by atoms with E-state index in [0.717, 1.165) is 6.08 Å². The van der Waals surface area contributed by atoms with Crippen LogP contribution in [0, 0.1) is 0 Å². The molecule has 0 aliphatic carbocycles. The van der Waals surface area contributed by atoms with Crippen molar-refractivity contribution in [1.82, 2.24) is 15.6 Å². The third-order valence-electron chi connectivity index (χ3n) is 2.29. The molecule has 0 saturated heterocycles. The van der Waals surface area contributed by atoms with E-state index in [1.165, 1.54) is 24.5 Å². The van der Waals surface area contributed by atoms with Crippen LogP contribution >= 0.6 is 0 Å². The van der Waals surface area contributed by atoms with Gasteiger partial charge in [0.2, 0.25) is 5.91 Å². The average Bonchev–Trinajstić information content (AvgIpc) is 2.43. The number of hydrogen-bond donors (Lipinski definition) is 3. The standard InChI is InChI=1S/C13H15N3O4/c1-2-15-11(17)8-16-13(20)10-5-6-14-7-9(10)3-4-12(18)19/h3-7H,2,8H2,1H3,(H,15,17)(H,16,20)(H,18,19). The minimum Gasteiger partial charge on any atom is -0.478 e. The van der Waals surface area contributed by atoms with E-state index in [-0.39, 0.29) is 18.0 Å². The Kier molecular flexibility index (Phi) is 5.89. The number of likely N-dealkylation sites (N-methyl/N-ethyl adjacent to an activating group) is 1. The Morgan fingerprint density at radius 3 is 2.75 bits per heavy atom. The van der Waals surface area contributed by atoms with E-state index in [1.807, 2.05) is 0 Å². The lowest BCUT2D eigenvalue weighted by molar-refractivity contribution is -0.131. The number of rotatable bonds is 6. The number of carbonyl (C=O) groups excluding carboxylic acids is 2. The summed E-state index contributed by atoms with van der Waals surface area (Å²) in [5.41, 5.74) is 0.616. The molecule has 0 unspecified atom stereocenters. The molecule has 0 bridgehead atoms. The van der Waals surface area contributed by atoms with E-state index in [2.05, 4.69) is 15.6 Å². The summed E-state index contributed by atoms with van der Waals surface area (Å²) in [7, 11) is 0. The quantitative estimate of drug-likeness (QED) is 0.636. The second-order valence-electron chi connectivity index (χ2n) is 3.77. The van der Waals surface area contributed by atoms with Gasteiger partial charge in [-0.1, -0.05) is 0 Å². The molecule has 0 saturated carbocycles. The van der Waals surface area contributed by atoms with Crippen LogP contribution in [0.25, 0.3) is 6.08 Å². The smallest absolute Gasteiger partial charge is 0.328 e. The zero-order valence-corrected chi connectivity index (χ0v) is 10.9. The predicted molar refractivity (Wildman–Crippen MR) is 71.9 cm³/mol. The van der Waals surface area contributed by atoms with E-state index in [0.29, 0.717) is 12.1 Å². The first-order valence-electron chi connectivity index (χ1n) is 5.94. The van der Waals surface area contributed by atoms with Crippen LogP contribution in [0.2, 0.25) is 0 Å². The van der Waals surface area contributed by atoms with Gasteiger partial charge in [0.25, 0.3) is 5.91 Å². The maximum atomic E-state index is 11.9. The summed E-state index contributed by atoms with van der Waals surface area (Å²) < 4.78 is 0. The van der Waals surface area contributed by atoms with Gasteiger partial charge in [-0.25, -0.2) is 4.79 Å². The maximum Gasteiger partial charge on any atom is 0.328 e. The Balaban J connectivity index is 2.77. The normalized spacial score (nSPS) is 10.2. The second kappa shape index (κ2) is 7.67. The van der Waals surface area contributed by atoms with Gasteiger partial charge < -0.3 is 15.7 Å². The van der Waals surface area contributed by atoms with Crippen molar-refractivity contribution >= 4 is 23.9 Å². The molecule has 1 aromatic rings. The summed E-state index contributed by atoms with van der Waals surface area (Å²) in [6.45, 7) is 2.12. The van der Waals surface area contributed by atoms with Crippen LogP contribution in [0.1, 0.15) is 22.8 Å². The fourth-order valence-corrected chi connectivity index (χ4v) is 1.42. The molecule has 1 heterocycles. The number of carbonyl (C=O) groups is 3. The minimum absolute atomic E-state index is 0.142. The number of nitrogens with one attached hydrogen (secondary N) is 2. The van der Waals surface area contributed by atoms with Gasteiger partial charge in [0.15, 0.2) is 0 Å². The lowest BCUT2D eigenvalue weighted by Crippen LogP contribution is -2.37. The number of amides is 2. The number of pyridine rings is 1. The van der Waals surface area contributed by atoms with Crippen molar-refractivity contribution in [3.05, 3.63) is 35.7 Å². The number of aliphatic carboxylic acids is 1. The van der Waals surface area contributed by atoms with E-state index in [1.54, 1.807) is 6.92 Å². The molecule has 0 aliphatic rings. The molecule has 1 aromatic heterocycles. The van der Waals surface area contributed by atoms with Crippen molar-refractivity contribution in [3.8, 4) is 0 Å². The van der Waals surface area contributed by atoms with Gasteiger partial charge in [0.1, 0.15) is 0 Å². The molecular formula is C13H15N3O4. The Bertz CT molecular complexity index is 540. The number of hydrogen-bond acceptors (Lipinski definition) is 4. The van der Waals surface area contributed by atoms with Crippen LogP contribution in [-0.4, -0.2) is 41.0 Å². The van der Waals surface area contributed by atoms with Gasteiger partial charge in [-0.15, -0.1) is 0 Å². The lowest BCUT2D eigenvalue weighted by atomic mass is 10.1. The molecule has 7 heteroatoms. The Hall–Kier alpha value is -2.70. The molecule has 0 aliphatic heterocycles. The van der Waals surface area contributed by atoms with Crippen LogP contribution < -0.4 is 10.6 Å². The predicted octanol–water partition coefficient (Wildman–Crippen LogP) is 0.0453. The summed E-state index contributed by atoms with van der Waals surface area (Å²) in [6.07, 6.45) is 4.98. The highest BCUT2D eigenvalue weighted by atomic mass is 16.4. The highest BCUT2D eigenvalue weighted by Crippen LogP contribution is 2.08. The zero-order chi connectivity index (χ0) is 15.0. The fraction of sp³-hybridized carbons (Fsp3) is 0.231. The van der Waals surface area contributed by atoms with Gasteiger partial charge in [-0.2, -0.15) is 0 Å².